The molecule has 0 bridgehead atoms. The maximum absolute atomic E-state index is 12.4. The van der Waals surface area contributed by atoms with Crippen molar-refractivity contribution in [2.45, 2.75) is 6.18 Å². The van der Waals surface area contributed by atoms with E-state index in [0.29, 0.717) is 5.69 Å². The van der Waals surface area contributed by atoms with Crippen molar-refractivity contribution in [2.75, 3.05) is 5.32 Å². The Hall–Kier alpha value is -2.83. The molecular weight excluding hydrogens is 297 g/mol. The van der Waals surface area contributed by atoms with Gasteiger partial charge in [0.15, 0.2) is 0 Å². The minimum atomic E-state index is -4.56. The van der Waals surface area contributed by atoms with E-state index in [2.05, 4.69) is 10.3 Å². The van der Waals surface area contributed by atoms with Crippen LogP contribution >= 0.6 is 0 Å². The summed E-state index contributed by atoms with van der Waals surface area (Å²) in [4.78, 5) is 14.5. The van der Waals surface area contributed by atoms with Gasteiger partial charge in [0.05, 0.1) is 5.57 Å². The van der Waals surface area contributed by atoms with Gasteiger partial charge in [-0.15, -0.1) is 0 Å². The molecule has 0 saturated carbocycles. The maximum Gasteiger partial charge on any atom is 0.433 e. The molecular formula is C15H11F3N2O2. The van der Waals surface area contributed by atoms with Gasteiger partial charge < -0.3 is 10.4 Å². The van der Waals surface area contributed by atoms with Crippen LogP contribution in [0.4, 0.5) is 18.9 Å². The molecule has 1 aromatic carbocycles. The van der Waals surface area contributed by atoms with E-state index in [0.717, 1.165) is 18.3 Å². The van der Waals surface area contributed by atoms with Gasteiger partial charge in [0.1, 0.15) is 5.69 Å². The zero-order chi connectivity index (χ0) is 16.2. The lowest BCUT2D eigenvalue weighted by atomic mass is 10.1. The molecule has 7 heteroatoms. The van der Waals surface area contributed by atoms with Crippen LogP contribution < -0.4 is 5.32 Å². The lowest BCUT2D eigenvalue weighted by Gasteiger charge is -2.08. The second kappa shape index (κ2) is 6.30. The van der Waals surface area contributed by atoms with Crippen LogP contribution in [-0.2, 0) is 11.0 Å². The topological polar surface area (TPSA) is 62.2 Å². The molecule has 0 fully saturated rings. The number of aliphatic carboxylic acids is 1. The number of halogens is 3. The minimum absolute atomic E-state index is 0.0731. The predicted molar refractivity (Wildman–Crippen MR) is 74.9 cm³/mol. The number of rotatable bonds is 4. The number of nitrogens with one attached hydrogen (secondary N) is 1. The molecule has 2 N–H and O–H groups in total. The molecule has 0 radical (unpaired) electrons. The molecule has 0 aliphatic carbocycles. The van der Waals surface area contributed by atoms with Crippen molar-refractivity contribution in [1.29, 1.82) is 0 Å². The molecule has 0 spiro atoms. The summed E-state index contributed by atoms with van der Waals surface area (Å²) < 4.78 is 37.3. The van der Waals surface area contributed by atoms with Crippen molar-refractivity contribution in [3.8, 4) is 0 Å². The van der Waals surface area contributed by atoms with E-state index < -0.39 is 17.8 Å². The van der Waals surface area contributed by atoms with Gasteiger partial charge in [0, 0.05) is 23.6 Å². The molecule has 2 aromatic rings. The van der Waals surface area contributed by atoms with Gasteiger partial charge >= 0.3 is 12.1 Å². The van der Waals surface area contributed by atoms with Crippen LogP contribution in [0.5, 0.6) is 0 Å². The van der Waals surface area contributed by atoms with Crippen LogP contribution in [0.2, 0.25) is 0 Å². The Morgan fingerprint density at radius 3 is 2.32 bits per heavy atom. The van der Waals surface area contributed by atoms with Crippen molar-refractivity contribution < 1.29 is 23.1 Å². The van der Waals surface area contributed by atoms with E-state index in [1.165, 1.54) is 6.20 Å². The number of carboxylic acid groups (broad SMARTS) is 1. The number of carbonyl (C=O) groups is 1. The number of nitrogens with zero attached hydrogens (tertiary/aromatic N) is 1. The van der Waals surface area contributed by atoms with Crippen LogP contribution in [0, 0.1) is 0 Å². The summed E-state index contributed by atoms with van der Waals surface area (Å²) in [7, 11) is 0. The molecule has 0 aliphatic rings. The van der Waals surface area contributed by atoms with Gasteiger partial charge in [-0.05, 0) is 18.2 Å². The standard InChI is InChI=1S/C15H11F3N2O2/c16-15(17,18)13-7-6-10(8-20-13)12(14(21)22)9-19-11-4-2-1-3-5-11/h1-9,19H,(H,21,22). The molecule has 4 nitrogen and oxygen atoms in total. The number of para-hydroxylation sites is 1. The molecule has 0 atom stereocenters. The Labute approximate surface area is 123 Å². The highest BCUT2D eigenvalue weighted by molar-refractivity contribution is 6.15. The fourth-order valence-electron chi connectivity index (χ4n) is 1.68. The third-order valence-electron chi connectivity index (χ3n) is 2.75. The highest BCUT2D eigenvalue weighted by Gasteiger charge is 2.32. The summed E-state index contributed by atoms with van der Waals surface area (Å²) in [6.45, 7) is 0. The Morgan fingerprint density at radius 2 is 1.82 bits per heavy atom. The van der Waals surface area contributed by atoms with Crippen molar-refractivity contribution in [3.05, 3.63) is 66.1 Å². The first kappa shape index (κ1) is 15.6. The van der Waals surface area contributed by atoms with E-state index in [1.54, 1.807) is 30.3 Å². The number of alkyl halides is 3. The summed E-state index contributed by atoms with van der Waals surface area (Å²) in [6.07, 6.45) is -2.47. The minimum Gasteiger partial charge on any atom is -0.478 e. The molecule has 1 aromatic heterocycles. The summed E-state index contributed by atoms with van der Waals surface area (Å²) in [5, 5.41) is 12.0. The van der Waals surface area contributed by atoms with E-state index >= 15 is 0 Å². The number of benzene rings is 1. The number of hydrogen-bond donors (Lipinski definition) is 2. The lowest BCUT2D eigenvalue weighted by Crippen LogP contribution is -2.09. The van der Waals surface area contributed by atoms with Gasteiger partial charge in [0.2, 0.25) is 0 Å². The van der Waals surface area contributed by atoms with Crippen LogP contribution in [-0.4, -0.2) is 16.1 Å². The fourth-order valence-corrected chi connectivity index (χ4v) is 1.68. The molecule has 22 heavy (non-hydrogen) atoms. The van der Waals surface area contributed by atoms with E-state index in [4.69, 9.17) is 0 Å². The summed E-state index contributed by atoms with van der Waals surface area (Å²) in [6, 6.07) is 10.6. The van der Waals surface area contributed by atoms with E-state index in [9.17, 15) is 23.1 Å². The van der Waals surface area contributed by atoms with Gasteiger partial charge in [-0.2, -0.15) is 13.2 Å². The second-order valence-corrected chi connectivity index (χ2v) is 4.30. The summed E-state index contributed by atoms with van der Waals surface area (Å²) in [5.41, 5.74) is -0.535. The average molecular weight is 308 g/mol. The first-order valence-corrected chi connectivity index (χ1v) is 6.16. The molecule has 114 valence electrons. The zero-order valence-corrected chi connectivity index (χ0v) is 11.1. The highest BCUT2D eigenvalue weighted by Crippen LogP contribution is 2.28. The zero-order valence-electron chi connectivity index (χ0n) is 11.1. The largest absolute Gasteiger partial charge is 0.478 e. The third kappa shape index (κ3) is 3.85. The molecule has 1 heterocycles. The molecule has 0 amide bonds. The number of pyridine rings is 1. The third-order valence-corrected chi connectivity index (χ3v) is 2.75. The average Bonchev–Trinajstić information content (AvgIpc) is 2.48. The summed E-state index contributed by atoms with van der Waals surface area (Å²) >= 11 is 0. The Morgan fingerprint density at radius 1 is 1.14 bits per heavy atom. The smallest absolute Gasteiger partial charge is 0.433 e. The van der Waals surface area contributed by atoms with E-state index in [-0.39, 0.29) is 11.1 Å². The van der Waals surface area contributed by atoms with Gasteiger partial charge in [-0.3, -0.25) is 4.98 Å². The first-order chi connectivity index (χ1) is 10.4. The number of anilines is 1. The quantitative estimate of drug-likeness (QED) is 0.847. The molecule has 2 rings (SSSR count). The van der Waals surface area contributed by atoms with Gasteiger partial charge in [-0.1, -0.05) is 24.3 Å². The second-order valence-electron chi connectivity index (χ2n) is 4.30. The summed E-state index contributed by atoms with van der Waals surface area (Å²) in [5.74, 6) is -1.27. The molecule has 0 aliphatic heterocycles. The van der Waals surface area contributed by atoms with Crippen molar-refractivity contribution in [2.24, 2.45) is 0 Å². The fraction of sp³-hybridized carbons (Fsp3) is 0.0667. The Balaban J connectivity index is 2.26. The number of aromatic nitrogens is 1. The normalized spacial score (nSPS) is 12.0. The van der Waals surface area contributed by atoms with Crippen LogP contribution in [0.3, 0.4) is 0 Å². The SMILES string of the molecule is O=C(O)C(=CNc1ccccc1)c1ccc(C(F)(F)F)nc1. The highest BCUT2D eigenvalue weighted by atomic mass is 19.4. The lowest BCUT2D eigenvalue weighted by molar-refractivity contribution is -0.141. The van der Waals surface area contributed by atoms with Gasteiger partial charge in [-0.25, -0.2) is 4.79 Å². The van der Waals surface area contributed by atoms with Crippen molar-refractivity contribution >= 4 is 17.2 Å². The van der Waals surface area contributed by atoms with Gasteiger partial charge in [0.25, 0.3) is 0 Å². The Bertz CT molecular complexity index is 680. The first-order valence-electron chi connectivity index (χ1n) is 6.16. The Kier molecular flexibility index (Phi) is 4.45. The van der Waals surface area contributed by atoms with Crippen LogP contribution in [0.1, 0.15) is 11.3 Å². The van der Waals surface area contributed by atoms with Crippen LogP contribution in [0.25, 0.3) is 5.57 Å². The van der Waals surface area contributed by atoms with E-state index in [1.807, 2.05) is 0 Å². The predicted octanol–water partition coefficient (Wildman–Crippen LogP) is 3.64. The number of hydrogen-bond acceptors (Lipinski definition) is 3. The van der Waals surface area contributed by atoms with Crippen molar-refractivity contribution in [3.63, 3.8) is 0 Å². The molecule has 0 unspecified atom stereocenters. The van der Waals surface area contributed by atoms with Crippen LogP contribution in [0.15, 0.2) is 54.9 Å². The monoisotopic (exact) mass is 308 g/mol. The van der Waals surface area contributed by atoms with Crippen molar-refractivity contribution in [1.82, 2.24) is 4.98 Å². The molecule has 0 saturated heterocycles. The number of carboxylic acids is 1. The maximum atomic E-state index is 12.4.